The van der Waals surface area contributed by atoms with Crippen molar-refractivity contribution in [3.8, 4) is 0 Å². The van der Waals surface area contributed by atoms with Gasteiger partial charge in [-0.3, -0.25) is 0 Å². The fourth-order valence-electron chi connectivity index (χ4n) is 1.29. The van der Waals surface area contributed by atoms with E-state index in [4.69, 9.17) is 5.73 Å². The van der Waals surface area contributed by atoms with E-state index in [1.165, 1.54) is 0 Å². The number of hydrogen-bond acceptors (Lipinski definition) is 2. The van der Waals surface area contributed by atoms with Crippen molar-refractivity contribution in [3.63, 3.8) is 0 Å². The molecule has 2 nitrogen and oxygen atoms in total. The fourth-order valence-corrected chi connectivity index (χ4v) is 1.29. The molecule has 0 saturated heterocycles. The molecule has 1 rings (SSSR count). The lowest BCUT2D eigenvalue weighted by Crippen LogP contribution is -2.52. The summed E-state index contributed by atoms with van der Waals surface area (Å²) in [6, 6.07) is 0.00579. The van der Waals surface area contributed by atoms with Gasteiger partial charge in [-0.1, -0.05) is 6.92 Å². The Labute approximate surface area is 56.1 Å². The maximum Gasteiger partial charge on any atom is 0.0797 e. The van der Waals surface area contributed by atoms with Gasteiger partial charge in [0, 0.05) is 6.04 Å². The summed E-state index contributed by atoms with van der Waals surface area (Å²) in [4.78, 5) is 0. The predicted molar refractivity (Wildman–Crippen MR) is 37.1 cm³/mol. The zero-order valence-corrected chi connectivity index (χ0v) is 5.93. The van der Waals surface area contributed by atoms with Gasteiger partial charge in [0.1, 0.15) is 0 Å². The normalized spacial score (nSPS) is 27.0. The molecule has 0 aromatic carbocycles. The van der Waals surface area contributed by atoms with Crippen molar-refractivity contribution in [3.05, 3.63) is 0 Å². The van der Waals surface area contributed by atoms with Crippen LogP contribution < -0.4 is 5.73 Å². The summed E-state index contributed by atoms with van der Waals surface area (Å²) in [5.41, 5.74) is 5.17. The highest BCUT2D eigenvalue weighted by Crippen LogP contribution is 2.34. The summed E-state index contributed by atoms with van der Waals surface area (Å²) in [6.45, 7) is 2.01. The maximum atomic E-state index is 9.55. The summed E-state index contributed by atoms with van der Waals surface area (Å²) in [7, 11) is 0. The van der Waals surface area contributed by atoms with Crippen LogP contribution in [0.1, 0.15) is 32.6 Å². The first-order valence-electron chi connectivity index (χ1n) is 3.67. The summed E-state index contributed by atoms with van der Waals surface area (Å²) in [5.74, 6) is 0. The number of nitrogens with two attached hydrogens (primary N) is 1. The summed E-state index contributed by atoms with van der Waals surface area (Å²) >= 11 is 0. The lowest BCUT2D eigenvalue weighted by atomic mass is 9.74. The summed E-state index contributed by atoms with van der Waals surface area (Å²) < 4.78 is 0. The van der Waals surface area contributed by atoms with Gasteiger partial charge < -0.3 is 10.8 Å². The van der Waals surface area contributed by atoms with Gasteiger partial charge in [0.05, 0.1) is 5.60 Å². The molecule has 0 aliphatic heterocycles. The van der Waals surface area contributed by atoms with E-state index in [1.54, 1.807) is 0 Å². The van der Waals surface area contributed by atoms with Gasteiger partial charge in [0.2, 0.25) is 0 Å². The molecule has 1 aliphatic rings. The molecule has 0 radical (unpaired) electrons. The summed E-state index contributed by atoms with van der Waals surface area (Å²) in [6.07, 6.45) is 3.84. The molecule has 1 saturated carbocycles. The average Bonchev–Trinajstić information content (AvgIpc) is 1.81. The molecule has 0 amide bonds. The number of aliphatic hydroxyl groups is 1. The third-order valence-electron chi connectivity index (χ3n) is 2.35. The van der Waals surface area contributed by atoms with E-state index >= 15 is 0 Å². The SMILES string of the molecule is CCC(N)C1(O)CCC1. The predicted octanol–water partition coefficient (Wildman–Crippen LogP) is 0.639. The van der Waals surface area contributed by atoms with E-state index in [0.717, 1.165) is 25.7 Å². The van der Waals surface area contributed by atoms with Crippen molar-refractivity contribution in [1.82, 2.24) is 0 Å². The van der Waals surface area contributed by atoms with Gasteiger partial charge in [-0.05, 0) is 25.7 Å². The first-order chi connectivity index (χ1) is 4.19. The number of rotatable bonds is 2. The van der Waals surface area contributed by atoms with Gasteiger partial charge in [-0.2, -0.15) is 0 Å². The second-order valence-corrected chi connectivity index (χ2v) is 2.97. The van der Waals surface area contributed by atoms with Gasteiger partial charge in [-0.25, -0.2) is 0 Å². The smallest absolute Gasteiger partial charge is 0.0797 e. The van der Waals surface area contributed by atoms with E-state index in [-0.39, 0.29) is 6.04 Å². The Morgan fingerprint density at radius 3 is 2.33 bits per heavy atom. The fraction of sp³-hybridized carbons (Fsp3) is 1.00. The average molecular weight is 129 g/mol. The summed E-state index contributed by atoms with van der Waals surface area (Å²) in [5, 5.41) is 9.55. The van der Waals surface area contributed by atoms with Crippen molar-refractivity contribution >= 4 is 0 Å². The van der Waals surface area contributed by atoms with Crippen molar-refractivity contribution in [1.29, 1.82) is 0 Å². The minimum absolute atomic E-state index is 0.00579. The zero-order chi connectivity index (χ0) is 6.91. The molecule has 0 bridgehead atoms. The lowest BCUT2D eigenvalue weighted by molar-refractivity contribution is -0.0555. The first kappa shape index (κ1) is 7.03. The topological polar surface area (TPSA) is 46.2 Å². The molecule has 1 unspecified atom stereocenters. The monoisotopic (exact) mass is 129 g/mol. The van der Waals surface area contributed by atoms with Crippen molar-refractivity contribution in [2.45, 2.75) is 44.2 Å². The molecular formula is C7H15NO. The Balaban J connectivity index is 2.38. The van der Waals surface area contributed by atoms with Crippen LogP contribution in [0.4, 0.5) is 0 Å². The maximum absolute atomic E-state index is 9.55. The molecule has 3 N–H and O–H groups in total. The van der Waals surface area contributed by atoms with Crippen molar-refractivity contribution in [2.24, 2.45) is 5.73 Å². The molecule has 1 aliphatic carbocycles. The van der Waals surface area contributed by atoms with Crippen LogP contribution in [-0.4, -0.2) is 16.7 Å². The molecule has 0 aromatic heterocycles. The van der Waals surface area contributed by atoms with Gasteiger partial charge in [0.15, 0.2) is 0 Å². The van der Waals surface area contributed by atoms with Crippen LogP contribution in [0.15, 0.2) is 0 Å². The minimum Gasteiger partial charge on any atom is -0.388 e. The van der Waals surface area contributed by atoms with E-state index in [2.05, 4.69) is 0 Å². The van der Waals surface area contributed by atoms with Crippen LogP contribution >= 0.6 is 0 Å². The Morgan fingerprint density at radius 2 is 2.22 bits per heavy atom. The Hall–Kier alpha value is -0.0800. The van der Waals surface area contributed by atoms with E-state index in [9.17, 15) is 5.11 Å². The van der Waals surface area contributed by atoms with E-state index in [1.807, 2.05) is 6.92 Å². The quantitative estimate of drug-likeness (QED) is 0.574. The number of hydrogen-bond donors (Lipinski definition) is 2. The van der Waals surface area contributed by atoms with Crippen molar-refractivity contribution in [2.75, 3.05) is 0 Å². The second-order valence-electron chi connectivity index (χ2n) is 2.97. The molecule has 9 heavy (non-hydrogen) atoms. The van der Waals surface area contributed by atoms with Gasteiger partial charge >= 0.3 is 0 Å². The second kappa shape index (κ2) is 2.27. The Kier molecular flexibility index (Phi) is 1.78. The standard InChI is InChI=1S/C7H15NO/c1-2-6(8)7(9)4-3-5-7/h6,9H,2-5,8H2,1H3. The minimum atomic E-state index is -0.491. The largest absolute Gasteiger partial charge is 0.388 e. The molecule has 2 heteroatoms. The van der Waals surface area contributed by atoms with E-state index in [0.29, 0.717) is 0 Å². The molecule has 0 spiro atoms. The van der Waals surface area contributed by atoms with E-state index < -0.39 is 5.60 Å². The molecule has 54 valence electrons. The third kappa shape index (κ3) is 1.10. The third-order valence-corrected chi connectivity index (χ3v) is 2.35. The molecular weight excluding hydrogens is 114 g/mol. The first-order valence-corrected chi connectivity index (χ1v) is 3.67. The van der Waals surface area contributed by atoms with Gasteiger partial charge in [-0.15, -0.1) is 0 Å². The van der Waals surface area contributed by atoms with Crippen LogP contribution in [0.3, 0.4) is 0 Å². The Morgan fingerprint density at radius 1 is 1.67 bits per heavy atom. The van der Waals surface area contributed by atoms with Crippen LogP contribution in [0, 0.1) is 0 Å². The van der Waals surface area contributed by atoms with Crippen LogP contribution in [0.5, 0.6) is 0 Å². The zero-order valence-electron chi connectivity index (χ0n) is 5.93. The molecule has 1 fully saturated rings. The highest BCUT2D eigenvalue weighted by atomic mass is 16.3. The molecule has 0 aromatic rings. The molecule has 0 heterocycles. The van der Waals surface area contributed by atoms with Gasteiger partial charge in [0.25, 0.3) is 0 Å². The van der Waals surface area contributed by atoms with Crippen LogP contribution in [-0.2, 0) is 0 Å². The molecule has 1 atom stereocenters. The highest BCUT2D eigenvalue weighted by Gasteiger charge is 2.39. The van der Waals surface area contributed by atoms with Crippen LogP contribution in [0.25, 0.3) is 0 Å². The lowest BCUT2D eigenvalue weighted by Gasteiger charge is -2.41. The highest BCUT2D eigenvalue weighted by molar-refractivity contribution is 4.95. The van der Waals surface area contributed by atoms with Crippen LogP contribution in [0.2, 0.25) is 0 Å². The van der Waals surface area contributed by atoms with Crippen molar-refractivity contribution < 1.29 is 5.11 Å². The Bertz CT molecular complexity index is 99.1.